The lowest BCUT2D eigenvalue weighted by Gasteiger charge is -2.32. The second-order valence-corrected chi connectivity index (χ2v) is 9.57. The van der Waals surface area contributed by atoms with E-state index in [9.17, 15) is 8.42 Å². The Hall–Kier alpha value is -1.64. The molecule has 1 aromatic rings. The van der Waals surface area contributed by atoms with E-state index in [0.717, 1.165) is 38.4 Å². The molecule has 1 aliphatic rings. The maximum absolute atomic E-state index is 11.6. The van der Waals surface area contributed by atoms with E-state index in [1.165, 1.54) is 21.7 Å². The van der Waals surface area contributed by atoms with E-state index in [0.29, 0.717) is 25.6 Å². The summed E-state index contributed by atoms with van der Waals surface area (Å²) in [5.74, 6) is 1.12. The molecule has 2 N–H and O–H groups in total. The van der Waals surface area contributed by atoms with Crippen molar-refractivity contribution in [3.05, 3.63) is 35.4 Å². The Bertz CT molecular complexity index is 750. The van der Waals surface area contributed by atoms with Crippen molar-refractivity contribution in [3.8, 4) is 0 Å². The number of nitrogens with one attached hydrogen (secondary N) is 2. The molecule has 0 saturated carbocycles. The molecule has 0 bridgehead atoms. The first-order chi connectivity index (χ1) is 13.8. The largest absolute Gasteiger partial charge is 0.373 e. The fourth-order valence-corrected chi connectivity index (χ4v) is 4.58. The molecule has 1 aromatic carbocycles. The van der Waals surface area contributed by atoms with Gasteiger partial charge in [0.2, 0.25) is 10.0 Å². The number of nitrogens with zero attached hydrogens (tertiary/aromatic N) is 2. The molecule has 1 saturated heterocycles. The van der Waals surface area contributed by atoms with Crippen LogP contribution in [0.2, 0.25) is 0 Å². The molecular formula is C21H36N4O3S. The van der Waals surface area contributed by atoms with Gasteiger partial charge in [0.15, 0.2) is 5.96 Å². The van der Waals surface area contributed by atoms with Crippen LogP contribution in [0.4, 0.5) is 0 Å². The molecule has 0 radical (unpaired) electrons. The zero-order valence-electron chi connectivity index (χ0n) is 18.1. The highest BCUT2D eigenvalue weighted by molar-refractivity contribution is 7.88. The Balaban J connectivity index is 1.82. The van der Waals surface area contributed by atoms with Crippen LogP contribution in [-0.4, -0.2) is 64.8 Å². The summed E-state index contributed by atoms with van der Waals surface area (Å²) in [4.78, 5) is 4.29. The van der Waals surface area contributed by atoms with E-state index in [4.69, 9.17) is 4.74 Å². The average Bonchev–Trinajstić information content (AvgIpc) is 2.70. The Morgan fingerprint density at radius 3 is 2.62 bits per heavy atom. The van der Waals surface area contributed by atoms with Crippen molar-refractivity contribution in [1.82, 2.24) is 14.9 Å². The minimum Gasteiger partial charge on any atom is -0.373 e. The SMILES string of the molecule is CCN(CCCNC(=NC)NCC1CCCOC1c1ccc(C)cc1)S(C)(=O)=O. The van der Waals surface area contributed by atoms with Crippen LogP contribution in [0.3, 0.4) is 0 Å². The van der Waals surface area contributed by atoms with Crippen molar-refractivity contribution in [2.24, 2.45) is 10.9 Å². The lowest BCUT2D eigenvalue weighted by molar-refractivity contribution is -0.0265. The molecule has 0 aromatic heterocycles. The van der Waals surface area contributed by atoms with Crippen molar-refractivity contribution in [3.63, 3.8) is 0 Å². The summed E-state index contributed by atoms with van der Waals surface area (Å²) in [6.45, 7) is 7.19. The van der Waals surface area contributed by atoms with Crippen molar-refractivity contribution >= 4 is 16.0 Å². The van der Waals surface area contributed by atoms with Gasteiger partial charge in [-0.25, -0.2) is 12.7 Å². The highest BCUT2D eigenvalue weighted by atomic mass is 32.2. The number of ether oxygens (including phenoxy) is 1. The van der Waals surface area contributed by atoms with Crippen LogP contribution in [0.1, 0.15) is 43.4 Å². The summed E-state index contributed by atoms with van der Waals surface area (Å²) in [6.07, 6.45) is 4.26. The van der Waals surface area contributed by atoms with Crippen LogP contribution < -0.4 is 10.6 Å². The normalized spacial score (nSPS) is 20.7. The minimum atomic E-state index is -3.14. The maximum Gasteiger partial charge on any atom is 0.211 e. The van der Waals surface area contributed by atoms with Crippen LogP contribution in [0.25, 0.3) is 0 Å². The fourth-order valence-electron chi connectivity index (χ4n) is 3.65. The van der Waals surface area contributed by atoms with Gasteiger partial charge in [0, 0.05) is 45.8 Å². The number of aryl methyl sites for hydroxylation is 1. The summed E-state index contributed by atoms with van der Waals surface area (Å²) < 4.78 is 30.9. The van der Waals surface area contributed by atoms with E-state index in [1.54, 1.807) is 7.05 Å². The number of benzene rings is 1. The van der Waals surface area contributed by atoms with Gasteiger partial charge in [-0.05, 0) is 31.7 Å². The quantitative estimate of drug-likeness (QED) is 0.361. The van der Waals surface area contributed by atoms with E-state index >= 15 is 0 Å². The topological polar surface area (TPSA) is 83.0 Å². The first-order valence-corrected chi connectivity index (χ1v) is 12.3. The first kappa shape index (κ1) is 23.6. The molecule has 8 heteroatoms. The monoisotopic (exact) mass is 424 g/mol. The highest BCUT2D eigenvalue weighted by Gasteiger charge is 2.27. The summed E-state index contributed by atoms with van der Waals surface area (Å²) in [7, 11) is -1.39. The van der Waals surface area contributed by atoms with Gasteiger partial charge >= 0.3 is 0 Å². The van der Waals surface area contributed by atoms with Gasteiger partial charge in [-0.3, -0.25) is 4.99 Å². The van der Waals surface area contributed by atoms with Gasteiger partial charge in [0.1, 0.15) is 0 Å². The van der Waals surface area contributed by atoms with Gasteiger partial charge in [-0.15, -0.1) is 0 Å². The third-order valence-electron chi connectivity index (χ3n) is 5.30. The molecule has 1 aliphatic heterocycles. The fraction of sp³-hybridized carbons (Fsp3) is 0.667. The average molecular weight is 425 g/mol. The predicted octanol–water partition coefficient (Wildman–Crippen LogP) is 2.30. The number of guanidine groups is 1. The number of aliphatic imine (C=N–C) groups is 1. The van der Waals surface area contributed by atoms with Crippen molar-refractivity contribution in [2.75, 3.05) is 46.1 Å². The third-order valence-corrected chi connectivity index (χ3v) is 6.68. The zero-order valence-corrected chi connectivity index (χ0v) is 19.0. The minimum absolute atomic E-state index is 0.0998. The third kappa shape index (κ3) is 7.60. The van der Waals surface area contributed by atoms with E-state index < -0.39 is 10.0 Å². The van der Waals surface area contributed by atoms with E-state index in [-0.39, 0.29) is 6.10 Å². The molecular weight excluding hydrogens is 388 g/mol. The first-order valence-electron chi connectivity index (χ1n) is 10.4. The molecule has 1 heterocycles. The second kappa shape index (κ2) is 11.5. The summed E-state index contributed by atoms with van der Waals surface area (Å²) >= 11 is 0. The molecule has 2 unspecified atom stereocenters. The van der Waals surface area contributed by atoms with Crippen molar-refractivity contribution in [1.29, 1.82) is 0 Å². The van der Waals surface area contributed by atoms with Crippen molar-refractivity contribution in [2.45, 2.75) is 39.2 Å². The van der Waals surface area contributed by atoms with Gasteiger partial charge in [0.05, 0.1) is 12.4 Å². The molecule has 0 aliphatic carbocycles. The summed E-state index contributed by atoms with van der Waals surface area (Å²) in [6, 6.07) is 8.59. The molecule has 2 rings (SSSR count). The molecule has 1 fully saturated rings. The van der Waals surface area contributed by atoms with E-state index in [2.05, 4.69) is 46.8 Å². The second-order valence-electron chi connectivity index (χ2n) is 7.59. The smallest absolute Gasteiger partial charge is 0.211 e. The van der Waals surface area contributed by atoms with Gasteiger partial charge in [-0.2, -0.15) is 0 Å². The van der Waals surface area contributed by atoms with Crippen LogP contribution in [0, 0.1) is 12.8 Å². The Labute approximate surface area is 176 Å². The lowest BCUT2D eigenvalue weighted by atomic mass is 9.89. The standard InChI is InChI=1S/C21H36N4O3S/c1-5-25(29(4,26)27)14-7-13-23-21(22-3)24-16-19-8-6-15-28-20(19)18-11-9-17(2)10-12-18/h9-12,19-20H,5-8,13-16H2,1-4H3,(H2,22,23,24). The Kier molecular flexibility index (Phi) is 9.39. The summed E-state index contributed by atoms with van der Waals surface area (Å²) in [5, 5.41) is 6.69. The van der Waals surface area contributed by atoms with Crippen LogP contribution >= 0.6 is 0 Å². The van der Waals surface area contributed by atoms with Crippen LogP contribution in [0.15, 0.2) is 29.3 Å². The van der Waals surface area contributed by atoms with Crippen molar-refractivity contribution < 1.29 is 13.2 Å². The Morgan fingerprint density at radius 2 is 2.00 bits per heavy atom. The zero-order chi connectivity index (χ0) is 21.3. The highest BCUT2D eigenvalue weighted by Crippen LogP contribution is 2.33. The lowest BCUT2D eigenvalue weighted by Crippen LogP contribution is -2.42. The Morgan fingerprint density at radius 1 is 1.28 bits per heavy atom. The number of hydrogen-bond acceptors (Lipinski definition) is 4. The van der Waals surface area contributed by atoms with Gasteiger partial charge in [0.25, 0.3) is 0 Å². The van der Waals surface area contributed by atoms with E-state index in [1.807, 2.05) is 6.92 Å². The molecule has 7 nitrogen and oxygen atoms in total. The molecule has 29 heavy (non-hydrogen) atoms. The van der Waals surface area contributed by atoms with Gasteiger partial charge in [-0.1, -0.05) is 36.8 Å². The molecule has 0 amide bonds. The number of rotatable bonds is 9. The predicted molar refractivity (Wildman–Crippen MR) is 119 cm³/mol. The number of hydrogen-bond donors (Lipinski definition) is 2. The van der Waals surface area contributed by atoms with Crippen LogP contribution in [0.5, 0.6) is 0 Å². The van der Waals surface area contributed by atoms with Gasteiger partial charge < -0.3 is 15.4 Å². The molecule has 0 spiro atoms. The maximum atomic E-state index is 11.6. The summed E-state index contributed by atoms with van der Waals surface area (Å²) in [5.41, 5.74) is 2.48. The number of sulfonamides is 1. The molecule has 164 valence electrons. The molecule has 2 atom stereocenters. The van der Waals surface area contributed by atoms with Crippen LogP contribution in [-0.2, 0) is 14.8 Å².